The standard InChI is InChI=1S/C17H19Br2NO/c1-11-6-4-5-7-14(11)12(2)20-10-13-8-15(18)17(21-3)16(19)9-13/h4-9,12,20H,10H2,1-3H3/t12-/m1/s1. The van der Waals surface area contributed by atoms with Crippen LogP contribution in [-0.2, 0) is 6.54 Å². The first-order chi connectivity index (χ1) is 10.0. The highest BCUT2D eigenvalue weighted by Crippen LogP contribution is 2.34. The van der Waals surface area contributed by atoms with Crippen molar-refractivity contribution >= 4 is 31.9 Å². The van der Waals surface area contributed by atoms with Crippen molar-refractivity contribution in [3.63, 3.8) is 0 Å². The van der Waals surface area contributed by atoms with Crippen molar-refractivity contribution < 1.29 is 4.74 Å². The molecule has 2 rings (SSSR count). The van der Waals surface area contributed by atoms with Gasteiger partial charge in [-0.25, -0.2) is 0 Å². The predicted molar refractivity (Wildman–Crippen MR) is 94.8 cm³/mol. The summed E-state index contributed by atoms with van der Waals surface area (Å²) in [4.78, 5) is 0. The van der Waals surface area contributed by atoms with Gasteiger partial charge >= 0.3 is 0 Å². The molecule has 112 valence electrons. The van der Waals surface area contributed by atoms with E-state index < -0.39 is 0 Å². The minimum absolute atomic E-state index is 0.311. The van der Waals surface area contributed by atoms with Gasteiger partial charge in [0.2, 0.25) is 0 Å². The molecular weight excluding hydrogens is 394 g/mol. The molecule has 4 heteroatoms. The summed E-state index contributed by atoms with van der Waals surface area (Å²) in [6.45, 7) is 5.14. The minimum atomic E-state index is 0.311. The van der Waals surface area contributed by atoms with Crippen molar-refractivity contribution in [3.05, 3.63) is 62.0 Å². The Morgan fingerprint density at radius 2 is 1.76 bits per heavy atom. The van der Waals surface area contributed by atoms with Gasteiger partial charge in [-0.2, -0.15) is 0 Å². The van der Waals surface area contributed by atoms with E-state index >= 15 is 0 Å². The zero-order valence-corrected chi connectivity index (χ0v) is 15.6. The van der Waals surface area contributed by atoms with Crippen molar-refractivity contribution in [2.24, 2.45) is 0 Å². The second-order valence-corrected chi connectivity index (χ2v) is 6.76. The Kier molecular flexibility index (Phi) is 5.85. The fraction of sp³-hybridized carbons (Fsp3) is 0.294. The Balaban J connectivity index is 2.08. The van der Waals surface area contributed by atoms with Crippen LogP contribution in [0.5, 0.6) is 5.75 Å². The molecule has 0 bridgehead atoms. The Morgan fingerprint density at radius 3 is 2.33 bits per heavy atom. The van der Waals surface area contributed by atoms with E-state index in [1.807, 2.05) is 0 Å². The average Bonchev–Trinajstić information content (AvgIpc) is 2.45. The third kappa shape index (κ3) is 4.09. The summed E-state index contributed by atoms with van der Waals surface area (Å²) < 4.78 is 7.24. The smallest absolute Gasteiger partial charge is 0.147 e. The summed E-state index contributed by atoms with van der Waals surface area (Å²) in [7, 11) is 1.67. The third-order valence-corrected chi connectivity index (χ3v) is 4.71. The number of hydrogen-bond donors (Lipinski definition) is 1. The molecule has 0 saturated carbocycles. The van der Waals surface area contributed by atoms with E-state index in [4.69, 9.17) is 4.74 Å². The largest absolute Gasteiger partial charge is 0.494 e. The number of benzene rings is 2. The molecule has 0 radical (unpaired) electrons. The lowest BCUT2D eigenvalue weighted by Crippen LogP contribution is -2.18. The fourth-order valence-corrected chi connectivity index (χ4v) is 3.97. The van der Waals surface area contributed by atoms with Crippen LogP contribution in [0.15, 0.2) is 45.3 Å². The summed E-state index contributed by atoms with van der Waals surface area (Å²) in [5, 5.41) is 3.57. The highest BCUT2D eigenvalue weighted by Gasteiger charge is 2.10. The summed E-state index contributed by atoms with van der Waals surface area (Å²) in [6.07, 6.45) is 0. The zero-order chi connectivity index (χ0) is 15.4. The lowest BCUT2D eigenvalue weighted by molar-refractivity contribution is 0.409. The normalized spacial score (nSPS) is 12.2. The molecule has 0 aliphatic rings. The lowest BCUT2D eigenvalue weighted by Gasteiger charge is -2.17. The van der Waals surface area contributed by atoms with Crippen molar-refractivity contribution in [1.29, 1.82) is 0 Å². The molecule has 0 fully saturated rings. The van der Waals surface area contributed by atoms with Crippen LogP contribution in [0.1, 0.15) is 29.7 Å². The van der Waals surface area contributed by atoms with Gasteiger partial charge < -0.3 is 10.1 Å². The second-order valence-electron chi connectivity index (χ2n) is 5.05. The topological polar surface area (TPSA) is 21.3 Å². The predicted octanol–water partition coefficient (Wildman–Crippen LogP) is 5.38. The van der Waals surface area contributed by atoms with Crippen LogP contribution >= 0.6 is 31.9 Å². The molecule has 1 N–H and O–H groups in total. The van der Waals surface area contributed by atoms with Gasteiger partial charge in [0.1, 0.15) is 5.75 Å². The Bertz CT molecular complexity index is 605. The summed E-state index contributed by atoms with van der Waals surface area (Å²) in [6, 6.07) is 13.0. The molecule has 1 atom stereocenters. The second kappa shape index (κ2) is 7.43. The minimum Gasteiger partial charge on any atom is -0.494 e. The van der Waals surface area contributed by atoms with Crippen LogP contribution in [0, 0.1) is 6.92 Å². The average molecular weight is 413 g/mol. The zero-order valence-electron chi connectivity index (χ0n) is 12.4. The van der Waals surface area contributed by atoms with Gasteiger partial charge in [0, 0.05) is 12.6 Å². The SMILES string of the molecule is COc1c(Br)cc(CN[C@H](C)c2ccccc2C)cc1Br. The van der Waals surface area contributed by atoms with Gasteiger partial charge in [0.05, 0.1) is 16.1 Å². The maximum atomic E-state index is 5.33. The maximum absolute atomic E-state index is 5.33. The van der Waals surface area contributed by atoms with Crippen LogP contribution in [-0.4, -0.2) is 7.11 Å². The van der Waals surface area contributed by atoms with Crippen LogP contribution < -0.4 is 10.1 Å². The molecular formula is C17H19Br2NO. The van der Waals surface area contributed by atoms with E-state index in [1.54, 1.807) is 7.11 Å². The first-order valence-electron chi connectivity index (χ1n) is 6.83. The Morgan fingerprint density at radius 1 is 1.14 bits per heavy atom. The number of halogens is 2. The van der Waals surface area contributed by atoms with Crippen molar-refractivity contribution in [2.75, 3.05) is 7.11 Å². The van der Waals surface area contributed by atoms with E-state index in [1.165, 1.54) is 16.7 Å². The van der Waals surface area contributed by atoms with Gasteiger partial charge in [-0.15, -0.1) is 0 Å². The monoisotopic (exact) mass is 411 g/mol. The maximum Gasteiger partial charge on any atom is 0.147 e. The molecule has 2 nitrogen and oxygen atoms in total. The number of hydrogen-bond acceptors (Lipinski definition) is 2. The highest BCUT2D eigenvalue weighted by molar-refractivity contribution is 9.11. The summed E-state index contributed by atoms with van der Waals surface area (Å²) >= 11 is 7.08. The molecule has 0 unspecified atom stereocenters. The highest BCUT2D eigenvalue weighted by atomic mass is 79.9. The molecule has 2 aromatic rings. The number of methoxy groups -OCH3 is 1. The Labute approximate surface area is 143 Å². The molecule has 0 aliphatic heterocycles. The van der Waals surface area contributed by atoms with Crippen molar-refractivity contribution in [2.45, 2.75) is 26.4 Å². The number of ether oxygens (including phenoxy) is 1. The first kappa shape index (κ1) is 16.5. The van der Waals surface area contributed by atoms with Crippen LogP contribution in [0.2, 0.25) is 0 Å². The van der Waals surface area contributed by atoms with Gasteiger partial charge in [0.25, 0.3) is 0 Å². The van der Waals surface area contributed by atoms with Crippen LogP contribution in [0.3, 0.4) is 0 Å². The number of aryl methyl sites for hydroxylation is 1. The van der Waals surface area contributed by atoms with E-state index in [0.717, 1.165) is 21.2 Å². The molecule has 0 amide bonds. The number of rotatable bonds is 5. The van der Waals surface area contributed by atoms with Gasteiger partial charge in [0.15, 0.2) is 0 Å². The molecule has 2 aromatic carbocycles. The van der Waals surface area contributed by atoms with E-state index in [2.05, 4.69) is 87.4 Å². The van der Waals surface area contributed by atoms with Crippen LogP contribution in [0.25, 0.3) is 0 Å². The lowest BCUT2D eigenvalue weighted by atomic mass is 10.0. The molecule has 0 spiro atoms. The Hall–Kier alpha value is -0.840. The summed E-state index contributed by atoms with van der Waals surface area (Å²) in [5.41, 5.74) is 3.86. The van der Waals surface area contributed by atoms with Gasteiger partial charge in [-0.1, -0.05) is 24.3 Å². The van der Waals surface area contributed by atoms with Gasteiger partial charge in [-0.3, -0.25) is 0 Å². The molecule has 0 saturated heterocycles. The third-order valence-electron chi connectivity index (χ3n) is 3.53. The van der Waals surface area contributed by atoms with Crippen molar-refractivity contribution in [1.82, 2.24) is 5.32 Å². The van der Waals surface area contributed by atoms with Crippen molar-refractivity contribution in [3.8, 4) is 5.75 Å². The van der Waals surface area contributed by atoms with E-state index in [9.17, 15) is 0 Å². The fourth-order valence-electron chi connectivity index (χ4n) is 2.36. The number of nitrogens with one attached hydrogen (secondary N) is 1. The quantitative estimate of drug-likeness (QED) is 0.711. The van der Waals surface area contributed by atoms with Crippen LogP contribution in [0.4, 0.5) is 0 Å². The van der Waals surface area contributed by atoms with E-state index in [0.29, 0.717) is 6.04 Å². The first-order valence-corrected chi connectivity index (χ1v) is 8.42. The summed E-state index contributed by atoms with van der Waals surface area (Å²) in [5.74, 6) is 0.825. The van der Waals surface area contributed by atoms with E-state index in [-0.39, 0.29) is 0 Å². The molecule has 0 heterocycles. The molecule has 0 aromatic heterocycles. The van der Waals surface area contributed by atoms with Gasteiger partial charge in [-0.05, 0) is 74.5 Å². The molecule has 0 aliphatic carbocycles. The molecule has 21 heavy (non-hydrogen) atoms.